The fourth-order valence-corrected chi connectivity index (χ4v) is 2.34. The van der Waals surface area contributed by atoms with Crippen LogP contribution in [-0.2, 0) is 0 Å². The molecule has 2 aromatic rings. The number of hydrogen-bond acceptors (Lipinski definition) is 4. The number of hydrogen-bond donors (Lipinski definition) is 3. The Kier molecular flexibility index (Phi) is 5.87. The molecule has 2 rings (SSSR count). The minimum Gasteiger partial charge on any atom is -0.490 e. The molecule has 6 heteroatoms. The Bertz CT molecular complexity index is 653. The molecule has 1 unspecified atom stereocenters. The normalized spacial score (nSPS) is 13.6. The highest BCUT2D eigenvalue weighted by Crippen LogP contribution is 2.31. The lowest BCUT2D eigenvalue weighted by Gasteiger charge is -2.16. The Hall–Kier alpha value is -2.21. The van der Waals surface area contributed by atoms with Gasteiger partial charge in [-0.15, -0.1) is 0 Å². The van der Waals surface area contributed by atoms with E-state index in [0.717, 1.165) is 5.39 Å². The largest absolute Gasteiger partial charge is 0.490 e. The van der Waals surface area contributed by atoms with Gasteiger partial charge in [-0.3, -0.25) is 0 Å². The molecule has 0 fully saturated rings. The number of urea groups is 1. The Morgan fingerprint density at radius 3 is 2.83 bits per heavy atom. The average molecular weight is 320 g/mol. The second-order valence-electron chi connectivity index (χ2n) is 5.51. The smallest absolute Gasteiger partial charge is 0.315 e. The number of benzene rings is 1. The molecule has 0 spiro atoms. The second-order valence-corrected chi connectivity index (χ2v) is 5.51. The third-order valence-electron chi connectivity index (χ3n) is 3.54. The van der Waals surface area contributed by atoms with E-state index >= 15 is 0 Å². The van der Waals surface area contributed by atoms with Crippen molar-refractivity contribution >= 4 is 17.0 Å². The highest BCUT2D eigenvalue weighted by molar-refractivity contribution is 5.84. The number of aliphatic hydroxyl groups excluding tert-OH is 1. The monoisotopic (exact) mass is 320 g/mol. The SMILES string of the molecule is CCOc1cccc2cc(C(C)NC(=O)N[C@H](C)CCO)oc12. The quantitative estimate of drug-likeness (QED) is 0.732. The zero-order valence-corrected chi connectivity index (χ0v) is 13.8. The van der Waals surface area contributed by atoms with Crippen LogP contribution in [0.2, 0.25) is 0 Å². The van der Waals surface area contributed by atoms with E-state index in [9.17, 15) is 4.79 Å². The molecule has 2 amide bonds. The maximum Gasteiger partial charge on any atom is 0.315 e. The predicted octanol–water partition coefficient (Wildman–Crippen LogP) is 2.96. The highest BCUT2D eigenvalue weighted by atomic mass is 16.5. The first-order valence-corrected chi connectivity index (χ1v) is 7.88. The van der Waals surface area contributed by atoms with Crippen molar-refractivity contribution < 1.29 is 19.1 Å². The van der Waals surface area contributed by atoms with E-state index in [1.54, 1.807) is 0 Å². The Morgan fingerprint density at radius 1 is 1.35 bits per heavy atom. The first kappa shape index (κ1) is 17.1. The maximum absolute atomic E-state index is 11.9. The lowest BCUT2D eigenvalue weighted by Crippen LogP contribution is -2.42. The van der Waals surface area contributed by atoms with Crippen LogP contribution in [0, 0.1) is 0 Å². The van der Waals surface area contributed by atoms with Crippen LogP contribution in [0.1, 0.15) is 39.0 Å². The predicted molar refractivity (Wildman–Crippen MR) is 88.6 cm³/mol. The fraction of sp³-hybridized carbons (Fsp3) is 0.471. The van der Waals surface area contributed by atoms with Crippen LogP contribution in [0.4, 0.5) is 4.79 Å². The van der Waals surface area contributed by atoms with Crippen molar-refractivity contribution in [1.82, 2.24) is 10.6 Å². The summed E-state index contributed by atoms with van der Waals surface area (Å²) < 4.78 is 11.4. The molecule has 126 valence electrons. The number of nitrogens with one attached hydrogen (secondary N) is 2. The summed E-state index contributed by atoms with van der Waals surface area (Å²) in [6.45, 7) is 6.23. The van der Waals surface area contributed by atoms with Gasteiger partial charge in [0, 0.05) is 18.0 Å². The number of carbonyl (C=O) groups is 1. The third kappa shape index (κ3) is 4.39. The molecule has 1 aromatic carbocycles. The Morgan fingerprint density at radius 2 is 2.13 bits per heavy atom. The molecule has 3 N–H and O–H groups in total. The van der Waals surface area contributed by atoms with Crippen LogP contribution in [0.25, 0.3) is 11.0 Å². The van der Waals surface area contributed by atoms with Gasteiger partial charge in [0.1, 0.15) is 5.76 Å². The standard InChI is InChI=1S/C17H24N2O4/c1-4-22-14-7-5-6-13-10-15(23-16(13)14)12(3)19-17(21)18-11(2)8-9-20/h5-7,10-12,20H,4,8-9H2,1-3H3,(H2,18,19,21)/t11-,12?/m1/s1. The van der Waals surface area contributed by atoms with Gasteiger partial charge in [0.05, 0.1) is 12.6 Å². The van der Waals surface area contributed by atoms with Crippen molar-refractivity contribution in [2.75, 3.05) is 13.2 Å². The van der Waals surface area contributed by atoms with E-state index in [4.69, 9.17) is 14.3 Å². The van der Waals surface area contributed by atoms with Crippen LogP contribution >= 0.6 is 0 Å². The van der Waals surface area contributed by atoms with E-state index < -0.39 is 0 Å². The summed E-state index contributed by atoms with van der Waals surface area (Å²) >= 11 is 0. The summed E-state index contributed by atoms with van der Waals surface area (Å²) in [6, 6.07) is 6.96. The lowest BCUT2D eigenvalue weighted by atomic mass is 10.2. The van der Waals surface area contributed by atoms with Gasteiger partial charge in [-0.25, -0.2) is 4.79 Å². The summed E-state index contributed by atoms with van der Waals surface area (Å²) in [7, 11) is 0. The van der Waals surface area contributed by atoms with E-state index in [0.29, 0.717) is 30.1 Å². The lowest BCUT2D eigenvalue weighted by molar-refractivity contribution is 0.227. The van der Waals surface area contributed by atoms with Crippen LogP contribution in [0.5, 0.6) is 5.75 Å². The minimum atomic E-state index is -0.288. The number of rotatable bonds is 7. The van der Waals surface area contributed by atoms with Crippen LogP contribution in [0.15, 0.2) is 28.7 Å². The molecule has 1 heterocycles. The molecule has 0 aliphatic rings. The van der Waals surface area contributed by atoms with Gasteiger partial charge in [-0.1, -0.05) is 12.1 Å². The molecule has 0 saturated carbocycles. The van der Waals surface area contributed by atoms with Crippen molar-refractivity contribution in [3.63, 3.8) is 0 Å². The molecule has 0 aliphatic heterocycles. The van der Waals surface area contributed by atoms with E-state index in [-0.39, 0.29) is 24.7 Å². The zero-order valence-electron chi connectivity index (χ0n) is 13.8. The topological polar surface area (TPSA) is 83.7 Å². The third-order valence-corrected chi connectivity index (χ3v) is 3.54. The van der Waals surface area contributed by atoms with E-state index in [1.807, 2.05) is 45.0 Å². The number of furan rings is 1. The Balaban J connectivity index is 2.07. The molecule has 0 aliphatic carbocycles. The fourth-order valence-electron chi connectivity index (χ4n) is 2.34. The van der Waals surface area contributed by atoms with Crippen molar-refractivity contribution in [2.45, 2.75) is 39.3 Å². The minimum absolute atomic E-state index is 0.0424. The Labute approximate surface area is 135 Å². The van der Waals surface area contributed by atoms with E-state index in [2.05, 4.69) is 10.6 Å². The van der Waals surface area contributed by atoms with Gasteiger partial charge in [-0.05, 0) is 39.3 Å². The summed E-state index contributed by atoms with van der Waals surface area (Å²) in [5, 5.41) is 15.4. The zero-order chi connectivity index (χ0) is 16.8. The molecular formula is C17H24N2O4. The first-order valence-electron chi connectivity index (χ1n) is 7.88. The molecule has 0 saturated heterocycles. The van der Waals surface area contributed by atoms with Crippen molar-refractivity contribution in [2.24, 2.45) is 0 Å². The molecule has 6 nitrogen and oxygen atoms in total. The number of amides is 2. The molecular weight excluding hydrogens is 296 g/mol. The summed E-state index contributed by atoms with van der Waals surface area (Å²) in [5.74, 6) is 1.36. The number of ether oxygens (including phenoxy) is 1. The van der Waals surface area contributed by atoms with Gasteiger partial charge in [0.2, 0.25) is 0 Å². The van der Waals surface area contributed by atoms with Gasteiger partial charge < -0.3 is 24.9 Å². The van der Waals surface area contributed by atoms with Crippen LogP contribution in [0.3, 0.4) is 0 Å². The average Bonchev–Trinajstić information content (AvgIpc) is 2.92. The van der Waals surface area contributed by atoms with Gasteiger partial charge in [0.25, 0.3) is 0 Å². The molecule has 2 atom stereocenters. The van der Waals surface area contributed by atoms with Crippen molar-refractivity contribution in [3.05, 3.63) is 30.0 Å². The second kappa shape index (κ2) is 7.87. The molecule has 1 aromatic heterocycles. The highest BCUT2D eigenvalue weighted by Gasteiger charge is 2.17. The van der Waals surface area contributed by atoms with E-state index in [1.165, 1.54) is 0 Å². The molecule has 0 bridgehead atoms. The van der Waals surface area contributed by atoms with Gasteiger partial charge >= 0.3 is 6.03 Å². The summed E-state index contributed by atoms with van der Waals surface area (Å²) in [6.07, 6.45) is 0.518. The molecule has 23 heavy (non-hydrogen) atoms. The van der Waals surface area contributed by atoms with Crippen molar-refractivity contribution in [1.29, 1.82) is 0 Å². The van der Waals surface area contributed by atoms with Crippen molar-refractivity contribution in [3.8, 4) is 5.75 Å². The summed E-state index contributed by atoms with van der Waals surface area (Å²) in [4.78, 5) is 11.9. The number of carbonyl (C=O) groups excluding carboxylic acids is 1. The number of aliphatic hydroxyl groups is 1. The summed E-state index contributed by atoms with van der Waals surface area (Å²) in [5.41, 5.74) is 0.687. The van der Waals surface area contributed by atoms with Crippen LogP contribution < -0.4 is 15.4 Å². The first-order chi connectivity index (χ1) is 11.0. The molecule has 0 radical (unpaired) electrons. The number of fused-ring (bicyclic) bond motifs is 1. The van der Waals surface area contributed by atoms with Gasteiger partial charge in [-0.2, -0.15) is 0 Å². The maximum atomic E-state index is 11.9. The number of para-hydroxylation sites is 1. The van der Waals surface area contributed by atoms with Crippen LogP contribution in [-0.4, -0.2) is 30.4 Å². The van der Waals surface area contributed by atoms with Gasteiger partial charge in [0.15, 0.2) is 11.3 Å².